The highest BCUT2D eigenvalue weighted by Crippen LogP contribution is 2.35. The third kappa shape index (κ3) is 4.01. The Hall–Kier alpha value is -0.0800. The lowest BCUT2D eigenvalue weighted by Gasteiger charge is -2.49. The van der Waals surface area contributed by atoms with Gasteiger partial charge in [0, 0.05) is 31.2 Å². The summed E-state index contributed by atoms with van der Waals surface area (Å²) in [6.07, 6.45) is 14.3. The molecule has 2 nitrogen and oxygen atoms in total. The molecule has 0 amide bonds. The van der Waals surface area contributed by atoms with E-state index < -0.39 is 0 Å². The molecule has 1 aliphatic heterocycles. The van der Waals surface area contributed by atoms with Gasteiger partial charge in [0.15, 0.2) is 0 Å². The minimum Gasteiger partial charge on any atom is -0.310 e. The SMILES string of the molecule is CCCCC1CC(NC2CCCC2)CN(C2CCC2C)C1. The van der Waals surface area contributed by atoms with Crippen molar-refractivity contribution in [3.63, 3.8) is 0 Å². The molecular formula is C19H36N2. The second kappa shape index (κ2) is 7.46. The van der Waals surface area contributed by atoms with Crippen molar-refractivity contribution in [3.8, 4) is 0 Å². The summed E-state index contributed by atoms with van der Waals surface area (Å²) in [5.41, 5.74) is 0. The van der Waals surface area contributed by atoms with Crippen molar-refractivity contribution >= 4 is 0 Å². The van der Waals surface area contributed by atoms with Gasteiger partial charge < -0.3 is 5.32 Å². The normalized spacial score (nSPS) is 38.6. The quantitative estimate of drug-likeness (QED) is 0.789. The summed E-state index contributed by atoms with van der Waals surface area (Å²) in [4.78, 5) is 2.87. The number of unbranched alkanes of at least 4 members (excludes halogenated alkanes) is 1. The molecule has 21 heavy (non-hydrogen) atoms. The first-order valence-electron chi connectivity index (χ1n) is 9.76. The summed E-state index contributed by atoms with van der Waals surface area (Å²) >= 11 is 0. The number of nitrogens with zero attached hydrogens (tertiary/aromatic N) is 1. The molecule has 2 aliphatic carbocycles. The van der Waals surface area contributed by atoms with Crippen LogP contribution in [0.4, 0.5) is 0 Å². The molecule has 0 aromatic heterocycles. The maximum absolute atomic E-state index is 4.03. The van der Waals surface area contributed by atoms with E-state index in [2.05, 4.69) is 24.1 Å². The second-order valence-corrected chi connectivity index (χ2v) is 8.16. The van der Waals surface area contributed by atoms with Crippen LogP contribution >= 0.6 is 0 Å². The van der Waals surface area contributed by atoms with E-state index in [1.54, 1.807) is 0 Å². The predicted octanol–water partition coefficient (Wildman–Crippen LogP) is 4.20. The lowest BCUT2D eigenvalue weighted by atomic mass is 9.77. The predicted molar refractivity (Wildman–Crippen MR) is 90.6 cm³/mol. The fourth-order valence-corrected chi connectivity index (χ4v) is 4.95. The topological polar surface area (TPSA) is 15.3 Å². The molecule has 3 aliphatic rings. The van der Waals surface area contributed by atoms with Gasteiger partial charge in [-0.15, -0.1) is 0 Å². The number of hydrogen-bond donors (Lipinski definition) is 1. The Bertz CT molecular complexity index is 311. The Morgan fingerprint density at radius 1 is 1.00 bits per heavy atom. The van der Waals surface area contributed by atoms with Crippen molar-refractivity contribution in [1.29, 1.82) is 0 Å². The van der Waals surface area contributed by atoms with Gasteiger partial charge in [-0.3, -0.25) is 4.90 Å². The van der Waals surface area contributed by atoms with Gasteiger partial charge in [0.2, 0.25) is 0 Å². The average Bonchev–Trinajstić information content (AvgIpc) is 2.96. The van der Waals surface area contributed by atoms with E-state index in [0.717, 1.165) is 30.0 Å². The highest BCUT2D eigenvalue weighted by molar-refractivity contribution is 4.94. The molecule has 0 aromatic rings. The van der Waals surface area contributed by atoms with E-state index in [0.29, 0.717) is 0 Å². The van der Waals surface area contributed by atoms with Crippen molar-refractivity contribution in [3.05, 3.63) is 0 Å². The van der Waals surface area contributed by atoms with Crippen LogP contribution in [0.15, 0.2) is 0 Å². The molecule has 0 bridgehead atoms. The van der Waals surface area contributed by atoms with Crippen LogP contribution in [0, 0.1) is 11.8 Å². The van der Waals surface area contributed by atoms with Crippen molar-refractivity contribution in [1.82, 2.24) is 10.2 Å². The smallest absolute Gasteiger partial charge is 0.0200 e. The highest BCUT2D eigenvalue weighted by Gasteiger charge is 2.37. The number of likely N-dealkylation sites (tertiary alicyclic amines) is 1. The van der Waals surface area contributed by atoms with Gasteiger partial charge in [0.1, 0.15) is 0 Å². The standard InChI is InChI=1S/C19H36N2/c1-3-4-7-16-12-18(20-17-8-5-6-9-17)14-21(13-16)19-11-10-15(19)2/h15-20H,3-14H2,1-2H3. The van der Waals surface area contributed by atoms with Gasteiger partial charge in [-0.25, -0.2) is 0 Å². The van der Waals surface area contributed by atoms with Gasteiger partial charge in [-0.05, 0) is 50.4 Å². The maximum Gasteiger partial charge on any atom is 0.0200 e. The molecule has 4 unspecified atom stereocenters. The molecule has 0 spiro atoms. The van der Waals surface area contributed by atoms with Gasteiger partial charge >= 0.3 is 0 Å². The molecule has 0 aromatic carbocycles. The van der Waals surface area contributed by atoms with E-state index in [-0.39, 0.29) is 0 Å². The summed E-state index contributed by atoms with van der Waals surface area (Å²) in [6, 6.07) is 2.51. The largest absolute Gasteiger partial charge is 0.310 e. The van der Waals surface area contributed by atoms with Gasteiger partial charge in [0.25, 0.3) is 0 Å². The Morgan fingerprint density at radius 2 is 1.81 bits per heavy atom. The minimum absolute atomic E-state index is 0.775. The van der Waals surface area contributed by atoms with E-state index in [1.807, 2.05) is 0 Å². The molecule has 1 heterocycles. The first-order valence-corrected chi connectivity index (χ1v) is 9.76. The van der Waals surface area contributed by atoms with Gasteiger partial charge in [0.05, 0.1) is 0 Å². The van der Waals surface area contributed by atoms with Crippen LogP contribution in [-0.2, 0) is 0 Å². The number of hydrogen-bond acceptors (Lipinski definition) is 2. The highest BCUT2D eigenvalue weighted by atomic mass is 15.2. The van der Waals surface area contributed by atoms with Crippen LogP contribution in [0.2, 0.25) is 0 Å². The summed E-state index contributed by atoms with van der Waals surface area (Å²) in [5, 5.41) is 4.03. The van der Waals surface area contributed by atoms with Crippen LogP contribution in [0.1, 0.15) is 78.1 Å². The molecule has 0 radical (unpaired) electrons. The molecule has 122 valence electrons. The Labute approximate surface area is 132 Å². The van der Waals surface area contributed by atoms with Crippen LogP contribution in [0.3, 0.4) is 0 Å². The molecular weight excluding hydrogens is 256 g/mol. The van der Waals surface area contributed by atoms with Gasteiger partial charge in [-0.2, -0.15) is 0 Å². The zero-order chi connectivity index (χ0) is 14.7. The molecule has 1 saturated heterocycles. The first kappa shape index (κ1) is 15.8. The van der Waals surface area contributed by atoms with Crippen LogP contribution in [-0.4, -0.2) is 36.1 Å². The number of piperidine rings is 1. The molecule has 3 rings (SSSR count). The molecule has 3 fully saturated rings. The van der Waals surface area contributed by atoms with Crippen molar-refractivity contribution in [2.45, 2.75) is 96.2 Å². The monoisotopic (exact) mass is 292 g/mol. The third-order valence-corrected chi connectivity index (χ3v) is 6.40. The van der Waals surface area contributed by atoms with Gasteiger partial charge in [-0.1, -0.05) is 39.5 Å². The summed E-state index contributed by atoms with van der Waals surface area (Å²) in [5.74, 6) is 1.90. The van der Waals surface area contributed by atoms with Crippen molar-refractivity contribution in [2.24, 2.45) is 11.8 Å². The zero-order valence-corrected chi connectivity index (χ0v) is 14.3. The lowest BCUT2D eigenvalue weighted by Crippen LogP contribution is -2.57. The Balaban J connectivity index is 1.56. The van der Waals surface area contributed by atoms with E-state index in [9.17, 15) is 0 Å². The van der Waals surface area contributed by atoms with E-state index in [1.165, 1.54) is 77.3 Å². The average molecular weight is 293 g/mol. The molecule has 1 N–H and O–H groups in total. The molecule has 4 atom stereocenters. The van der Waals surface area contributed by atoms with E-state index in [4.69, 9.17) is 0 Å². The number of nitrogens with one attached hydrogen (secondary N) is 1. The summed E-state index contributed by atoms with van der Waals surface area (Å²) in [6.45, 7) is 7.51. The summed E-state index contributed by atoms with van der Waals surface area (Å²) < 4.78 is 0. The van der Waals surface area contributed by atoms with Crippen molar-refractivity contribution in [2.75, 3.05) is 13.1 Å². The van der Waals surface area contributed by atoms with Crippen LogP contribution in [0.25, 0.3) is 0 Å². The molecule has 2 heteroatoms. The molecule has 2 saturated carbocycles. The second-order valence-electron chi connectivity index (χ2n) is 8.16. The zero-order valence-electron chi connectivity index (χ0n) is 14.3. The summed E-state index contributed by atoms with van der Waals surface area (Å²) in [7, 11) is 0. The van der Waals surface area contributed by atoms with Crippen LogP contribution in [0.5, 0.6) is 0 Å². The van der Waals surface area contributed by atoms with Crippen LogP contribution < -0.4 is 5.32 Å². The number of rotatable bonds is 6. The lowest BCUT2D eigenvalue weighted by molar-refractivity contribution is 0.0190. The fraction of sp³-hybridized carbons (Fsp3) is 1.00. The van der Waals surface area contributed by atoms with Crippen molar-refractivity contribution < 1.29 is 0 Å². The first-order chi connectivity index (χ1) is 10.3. The fourth-order valence-electron chi connectivity index (χ4n) is 4.95. The Morgan fingerprint density at radius 3 is 2.43 bits per heavy atom. The third-order valence-electron chi connectivity index (χ3n) is 6.40. The maximum atomic E-state index is 4.03. The minimum atomic E-state index is 0.775. The van der Waals surface area contributed by atoms with E-state index >= 15 is 0 Å². The Kier molecular flexibility index (Phi) is 5.61.